The van der Waals surface area contributed by atoms with E-state index in [4.69, 9.17) is 9.84 Å². The minimum atomic E-state index is -0.0737. The first kappa shape index (κ1) is 21.4. The van der Waals surface area contributed by atoms with E-state index in [1.807, 2.05) is 64.2 Å². The van der Waals surface area contributed by atoms with E-state index in [-0.39, 0.29) is 11.9 Å². The molecule has 7 nitrogen and oxygen atoms in total. The van der Waals surface area contributed by atoms with Crippen LogP contribution in [0.5, 0.6) is 11.5 Å². The van der Waals surface area contributed by atoms with Gasteiger partial charge in [-0.2, -0.15) is 10.4 Å². The number of hydrogen-bond acceptors (Lipinski definition) is 5. The zero-order chi connectivity index (χ0) is 23.5. The lowest BCUT2D eigenvalue weighted by molar-refractivity contribution is -0.127. The molecule has 3 heterocycles. The van der Waals surface area contributed by atoms with Crippen LogP contribution in [0.15, 0.2) is 79.6 Å². The van der Waals surface area contributed by atoms with Crippen LogP contribution in [0, 0.1) is 11.3 Å². The first-order valence-corrected chi connectivity index (χ1v) is 11.2. The lowest BCUT2D eigenvalue weighted by atomic mass is 10.1. The Morgan fingerprint density at radius 1 is 1.15 bits per heavy atom. The number of benzene rings is 2. The topological polar surface area (TPSA) is 84.0 Å². The summed E-state index contributed by atoms with van der Waals surface area (Å²) < 4.78 is 7.75. The molecule has 0 aliphatic carbocycles. The molecule has 2 aromatic carbocycles. The van der Waals surface area contributed by atoms with E-state index in [1.54, 1.807) is 12.4 Å². The summed E-state index contributed by atoms with van der Waals surface area (Å²) in [6.45, 7) is 4.84. The summed E-state index contributed by atoms with van der Waals surface area (Å²) in [6.07, 6.45) is 6.47. The number of para-hydroxylation sites is 1. The van der Waals surface area contributed by atoms with Crippen molar-refractivity contribution in [3.63, 3.8) is 0 Å². The summed E-state index contributed by atoms with van der Waals surface area (Å²) in [5.41, 5.74) is 2.83. The van der Waals surface area contributed by atoms with E-state index in [0.29, 0.717) is 18.7 Å². The van der Waals surface area contributed by atoms with Gasteiger partial charge in [-0.3, -0.25) is 14.5 Å². The van der Waals surface area contributed by atoms with E-state index < -0.39 is 0 Å². The van der Waals surface area contributed by atoms with Crippen molar-refractivity contribution in [1.29, 1.82) is 5.26 Å². The Morgan fingerprint density at radius 3 is 2.65 bits per heavy atom. The van der Waals surface area contributed by atoms with Gasteiger partial charge in [-0.1, -0.05) is 24.8 Å². The maximum atomic E-state index is 12.3. The third kappa shape index (κ3) is 4.02. The highest BCUT2D eigenvalue weighted by Gasteiger charge is 2.29. The first-order chi connectivity index (χ1) is 16.7. The summed E-state index contributed by atoms with van der Waals surface area (Å²) in [5, 5.41) is 15.4. The molecular formula is C27H23N5O2. The molecule has 1 amide bonds. The quantitative estimate of drug-likeness (QED) is 0.389. The molecule has 0 spiro atoms. The van der Waals surface area contributed by atoms with Crippen molar-refractivity contribution in [2.24, 2.45) is 0 Å². The number of carbonyl (C=O) groups is 1. The second-order valence-electron chi connectivity index (χ2n) is 8.20. The number of ether oxygens (including phenoxy) is 1. The van der Waals surface area contributed by atoms with Crippen LogP contribution in [0.4, 0.5) is 0 Å². The Morgan fingerprint density at radius 2 is 1.91 bits per heavy atom. The Labute approximate surface area is 197 Å². The van der Waals surface area contributed by atoms with E-state index in [1.165, 1.54) is 6.08 Å². The molecule has 0 saturated carbocycles. The highest BCUT2D eigenvalue weighted by molar-refractivity contribution is 5.95. The molecule has 168 valence electrons. The fraction of sp³-hybridized carbons (Fsp3) is 0.185. The number of aromatic nitrogens is 3. The van der Waals surface area contributed by atoms with Gasteiger partial charge in [0.1, 0.15) is 23.3 Å². The molecule has 34 heavy (non-hydrogen) atoms. The summed E-state index contributed by atoms with van der Waals surface area (Å²) in [5.74, 6) is 1.41. The van der Waals surface area contributed by atoms with Crippen LogP contribution in [0.3, 0.4) is 0 Å². The second kappa shape index (κ2) is 9.20. The third-order valence-corrected chi connectivity index (χ3v) is 6.10. The van der Waals surface area contributed by atoms with E-state index in [9.17, 15) is 10.1 Å². The van der Waals surface area contributed by atoms with Crippen molar-refractivity contribution >= 4 is 16.8 Å². The normalized spacial score (nSPS) is 15.3. The summed E-state index contributed by atoms with van der Waals surface area (Å²) >= 11 is 0. The SMILES string of the molecule is C=CC(=O)N1CCCC1Cn1nc(-c2ccc(Oc3ccccc3)cc2)c2cncc(C#N)c21. The van der Waals surface area contributed by atoms with E-state index >= 15 is 0 Å². The van der Waals surface area contributed by atoms with Crippen molar-refractivity contribution < 1.29 is 9.53 Å². The fourth-order valence-electron chi connectivity index (χ4n) is 4.49. The van der Waals surface area contributed by atoms with Crippen LogP contribution >= 0.6 is 0 Å². The third-order valence-electron chi connectivity index (χ3n) is 6.10. The predicted molar refractivity (Wildman–Crippen MR) is 129 cm³/mol. The van der Waals surface area contributed by atoms with Crippen molar-refractivity contribution in [2.75, 3.05) is 6.54 Å². The molecule has 1 fully saturated rings. The molecule has 0 N–H and O–H groups in total. The van der Waals surface area contributed by atoms with Gasteiger partial charge >= 0.3 is 0 Å². The lowest BCUT2D eigenvalue weighted by Gasteiger charge is -2.23. The minimum absolute atomic E-state index is 0.00260. The standard InChI is InChI=1S/C27H23N5O2/c1-2-25(33)31-14-6-7-21(31)18-32-27-20(15-28)16-29-17-24(27)26(30-32)19-10-12-23(13-11-19)34-22-8-4-3-5-9-22/h2-5,8-13,16-17,21H,1,6-7,14,18H2. The molecule has 0 radical (unpaired) electrons. The Bertz CT molecular complexity index is 1390. The molecule has 1 aliphatic heterocycles. The summed E-state index contributed by atoms with van der Waals surface area (Å²) in [4.78, 5) is 18.4. The van der Waals surface area contributed by atoms with Crippen LogP contribution in [0.1, 0.15) is 18.4 Å². The Hall–Kier alpha value is -4.44. The number of pyridine rings is 1. The number of nitrogens with zero attached hydrogens (tertiary/aromatic N) is 5. The second-order valence-corrected chi connectivity index (χ2v) is 8.20. The first-order valence-electron chi connectivity index (χ1n) is 11.2. The monoisotopic (exact) mass is 449 g/mol. The van der Waals surface area contributed by atoms with Gasteiger partial charge in [0.2, 0.25) is 5.91 Å². The zero-order valence-electron chi connectivity index (χ0n) is 18.6. The highest BCUT2D eigenvalue weighted by atomic mass is 16.5. The van der Waals surface area contributed by atoms with Gasteiger partial charge in [0.15, 0.2) is 0 Å². The number of rotatable bonds is 6. The molecular weight excluding hydrogens is 426 g/mol. The van der Waals surface area contributed by atoms with Crippen molar-refractivity contribution in [3.8, 4) is 28.8 Å². The van der Waals surface area contributed by atoms with Gasteiger partial charge in [-0.05, 0) is 55.3 Å². The molecule has 1 unspecified atom stereocenters. The maximum Gasteiger partial charge on any atom is 0.246 e. The number of nitriles is 1. The molecule has 1 saturated heterocycles. The van der Waals surface area contributed by atoms with E-state index in [2.05, 4.69) is 17.6 Å². The number of amides is 1. The van der Waals surface area contributed by atoms with Gasteiger partial charge < -0.3 is 9.64 Å². The number of likely N-dealkylation sites (tertiary alicyclic amines) is 1. The fourth-order valence-corrected chi connectivity index (χ4v) is 4.49. The van der Waals surface area contributed by atoms with Crippen molar-refractivity contribution in [2.45, 2.75) is 25.4 Å². The average Bonchev–Trinajstić information content (AvgIpc) is 3.50. The number of hydrogen-bond donors (Lipinski definition) is 0. The highest BCUT2D eigenvalue weighted by Crippen LogP contribution is 2.32. The zero-order valence-corrected chi connectivity index (χ0v) is 18.6. The summed E-state index contributed by atoms with van der Waals surface area (Å²) in [6, 6.07) is 19.6. The Balaban J connectivity index is 1.50. The van der Waals surface area contributed by atoms with Gasteiger partial charge in [0, 0.05) is 29.9 Å². The van der Waals surface area contributed by atoms with Crippen LogP contribution in [-0.4, -0.2) is 38.2 Å². The van der Waals surface area contributed by atoms with Crippen molar-refractivity contribution in [1.82, 2.24) is 19.7 Å². The lowest BCUT2D eigenvalue weighted by Crippen LogP contribution is -2.37. The largest absolute Gasteiger partial charge is 0.457 e. The van der Waals surface area contributed by atoms with Crippen LogP contribution in [-0.2, 0) is 11.3 Å². The molecule has 0 bridgehead atoms. The minimum Gasteiger partial charge on any atom is -0.457 e. The smallest absolute Gasteiger partial charge is 0.246 e. The number of carbonyl (C=O) groups excluding carboxylic acids is 1. The van der Waals surface area contributed by atoms with Gasteiger partial charge in [-0.25, -0.2) is 0 Å². The maximum absolute atomic E-state index is 12.3. The molecule has 2 aromatic heterocycles. The Kier molecular flexibility index (Phi) is 5.79. The molecule has 4 aromatic rings. The molecule has 5 rings (SSSR count). The predicted octanol–water partition coefficient (Wildman–Crippen LogP) is 4.94. The van der Waals surface area contributed by atoms with Crippen LogP contribution in [0.25, 0.3) is 22.2 Å². The van der Waals surface area contributed by atoms with Gasteiger partial charge in [0.25, 0.3) is 0 Å². The van der Waals surface area contributed by atoms with Crippen LogP contribution in [0.2, 0.25) is 0 Å². The molecule has 1 atom stereocenters. The number of fused-ring (bicyclic) bond motifs is 1. The van der Waals surface area contributed by atoms with Gasteiger partial charge in [0.05, 0.1) is 23.7 Å². The van der Waals surface area contributed by atoms with Crippen LogP contribution < -0.4 is 4.74 Å². The molecule has 1 aliphatic rings. The average molecular weight is 450 g/mol. The molecule has 7 heteroatoms. The summed E-state index contributed by atoms with van der Waals surface area (Å²) in [7, 11) is 0. The van der Waals surface area contributed by atoms with Gasteiger partial charge in [-0.15, -0.1) is 0 Å². The van der Waals surface area contributed by atoms with Crippen molar-refractivity contribution in [3.05, 3.63) is 85.2 Å². The van der Waals surface area contributed by atoms with E-state index in [0.717, 1.165) is 46.5 Å².